The number of benzene rings is 1. The van der Waals surface area contributed by atoms with E-state index in [2.05, 4.69) is 15.1 Å². The molecule has 18 heavy (non-hydrogen) atoms. The fourth-order valence-electron chi connectivity index (χ4n) is 1.97. The SMILES string of the molecule is CON(C)c1nc2nc(C)nn2c2ccccc12. The molecule has 0 N–H and O–H groups in total. The normalized spacial score (nSPS) is 11.3. The van der Waals surface area contributed by atoms with E-state index in [1.807, 2.05) is 38.2 Å². The molecule has 0 spiro atoms. The monoisotopic (exact) mass is 243 g/mol. The van der Waals surface area contributed by atoms with Crippen LogP contribution in [-0.2, 0) is 4.84 Å². The topological polar surface area (TPSA) is 55.5 Å². The van der Waals surface area contributed by atoms with Gasteiger partial charge in [-0.25, -0.2) is 5.06 Å². The Bertz CT molecular complexity index is 721. The molecule has 0 atom stereocenters. The van der Waals surface area contributed by atoms with Crippen molar-refractivity contribution < 1.29 is 4.84 Å². The lowest BCUT2D eigenvalue weighted by Crippen LogP contribution is -2.17. The molecule has 0 saturated carbocycles. The van der Waals surface area contributed by atoms with Crippen molar-refractivity contribution in [1.82, 2.24) is 19.6 Å². The number of rotatable bonds is 2. The fraction of sp³-hybridized carbons (Fsp3) is 0.250. The fourth-order valence-corrected chi connectivity index (χ4v) is 1.97. The Morgan fingerprint density at radius 2 is 2.00 bits per heavy atom. The van der Waals surface area contributed by atoms with Crippen molar-refractivity contribution in [3.8, 4) is 0 Å². The molecule has 0 aliphatic heterocycles. The van der Waals surface area contributed by atoms with Crippen molar-refractivity contribution in [3.05, 3.63) is 30.1 Å². The van der Waals surface area contributed by atoms with Gasteiger partial charge >= 0.3 is 0 Å². The summed E-state index contributed by atoms with van der Waals surface area (Å²) in [6.07, 6.45) is 0. The number of aromatic nitrogens is 4. The molecule has 6 heteroatoms. The molecule has 0 saturated heterocycles. The predicted molar refractivity (Wildman–Crippen MR) is 68.4 cm³/mol. The Morgan fingerprint density at radius 1 is 1.22 bits per heavy atom. The van der Waals surface area contributed by atoms with Crippen LogP contribution in [0.1, 0.15) is 5.82 Å². The van der Waals surface area contributed by atoms with Crippen LogP contribution < -0.4 is 5.06 Å². The minimum Gasteiger partial charge on any atom is -0.276 e. The zero-order valence-corrected chi connectivity index (χ0v) is 10.5. The van der Waals surface area contributed by atoms with Crippen LogP contribution in [0.25, 0.3) is 16.7 Å². The van der Waals surface area contributed by atoms with Crippen molar-refractivity contribution in [3.63, 3.8) is 0 Å². The lowest BCUT2D eigenvalue weighted by molar-refractivity contribution is 0.183. The number of hydroxylamine groups is 1. The van der Waals surface area contributed by atoms with Crippen LogP contribution in [0.2, 0.25) is 0 Å². The number of nitrogens with zero attached hydrogens (tertiary/aromatic N) is 5. The molecular formula is C12H13N5O. The first-order chi connectivity index (χ1) is 8.70. The minimum atomic E-state index is 0.574. The Balaban J connectivity index is 2.45. The molecule has 0 unspecified atom stereocenters. The van der Waals surface area contributed by atoms with Gasteiger partial charge in [0.1, 0.15) is 5.82 Å². The molecule has 0 fully saturated rings. The first-order valence-corrected chi connectivity index (χ1v) is 5.60. The molecule has 6 nitrogen and oxygen atoms in total. The lowest BCUT2D eigenvalue weighted by atomic mass is 10.2. The average molecular weight is 243 g/mol. The van der Waals surface area contributed by atoms with Crippen LogP contribution in [-0.4, -0.2) is 33.7 Å². The maximum absolute atomic E-state index is 5.21. The summed E-state index contributed by atoms with van der Waals surface area (Å²) in [5.41, 5.74) is 0.960. The van der Waals surface area contributed by atoms with Gasteiger partial charge in [-0.05, 0) is 19.1 Å². The van der Waals surface area contributed by atoms with E-state index >= 15 is 0 Å². The number of anilines is 1. The molecule has 92 valence electrons. The molecule has 2 heterocycles. The summed E-state index contributed by atoms with van der Waals surface area (Å²) in [6, 6.07) is 7.91. The second-order valence-corrected chi connectivity index (χ2v) is 4.00. The standard InChI is InChI=1S/C12H13N5O/c1-8-13-12-14-11(16(2)18-3)9-6-4-5-7-10(9)17(12)15-8/h4-7H,1-3H3. The summed E-state index contributed by atoms with van der Waals surface area (Å²) in [7, 11) is 3.42. The summed E-state index contributed by atoms with van der Waals surface area (Å²) < 4.78 is 1.75. The van der Waals surface area contributed by atoms with Crippen LogP contribution in [0.15, 0.2) is 24.3 Å². The van der Waals surface area contributed by atoms with E-state index in [0.29, 0.717) is 11.6 Å². The quantitative estimate of drug-likeness (QED) is 0.640. The highest BCUT2D eigenvalue weighted by molar-refractivity contribution is 5.90. The molecule has 3 rings (SSSR count). The van der Waals surface area contributed by atoms with Crippen molar-refractivity contribution in [2.24, 2.45) is 0 Å². The lowest BCUT2D eigenvalue weighted by Gasteiger charge is -2.16. The zero-order valence-electron chi connectivity index (χ0n) is 10.5. The van der Waals surface area contributed by atoms with Gasteiger partial charge in [0.2, 0.25) is 0 Å². The minimum absolute atomic E-state index is 0.574. The van der Waals surface area contributed by atoms with E-state index in [9.17, 15) is 0 Å². The van der Waals surface area contributed by atoms with E-state index in [4.69, 9.17) is 4.84 Å². The Hall–Kier alpha value is -2.21. The smallest absolute Gasteiger partial charge is 0.255 e. The van der Waals surface area contributed by atoms with Crippen molar-refractivity contribution in [1.29, 1.82) is 0 Å². The maximum atomic E-state index is 5.21. The predicted octanol–water partition coefficient (Wildman–Crippen LogP) is 1.58. The van der Waals surface area contributed by atoms with Crippen LogP contribution >= 0.6 is 0 Å². The van der Waals surface area contributed by atoms with Crippen LogP contribution in [0.5, 0.6) is 0 Å². The van der Waals surface area contributed by atoms with E-state index in [1.165, 1.54) is 0 Å². The largest absolute Gasteiger partial charge is 0.276 e. The van der Waals surface area contributed by atoms with Gasteiger partial charge in [-0.15, -0.1) is 5.10 Å². The summed E-state index contributed by atoms with van der Waals surface area (Å²) in [5.74, 6) is 2.00. The highest BCUT2D eigenvalue weighted by Crippen LogP contribution is 2.24. The average Bonchev–Trinajstić information content (AvgIpc) is 2.77. The van der Waals surface area contributed by atoms with Gasteiger partial charge in [-0.2, -0.15) is 14.5 Å². The third-order valence-corrected chi connectivity index (χ3v) is 2.85. The van der Waals surface area contributed by atoms with Gasteiger partial charge in [0, 0.05) is 12.4 Å². The number of para-hydroxylation sites is 1. The maximum Gasteiger partial charge on any atom is 0.255 e. The first-order valence-electron chi connectivity index (χ1n) is 5.60. The number of hydrogen-bond donors (Lipinski definition) is 0. The highest BCUT2D eigenvalue weighted by atomic mass is 16.7. The van der Waals surface area contributed by atoms with Gasteiger partial charge in [0.25, 0.3) is 5.78 Å². The van der Waals surface area contributed by atoms with Crippen molar-refractivity contribution >= 4 is 22.5 Å². The van der Waals surface area contributed by atoms with Crippen molar-refractivity contribution in [2.45, 2.75) is 6.92 Å². The second-order valence-electron chi connectivity index (χ2n) is 4.00. The van der Waals surface area contributed by atoms with Crippen LogP contribution in [0.3, 0.4) is 0 Å². The molecule has 0 aliphatic carbocycles. The molecular weight excluding hydrogens is 230 g/mol. The van der Waals surface area contributed by atoms with E-state index in [-0.39, 0.29) is 0 Å². The summed E-state index contributed by atoms with van der Waals surface area (Å²) >= 11 is 0. The third-order valence-electron chi connectivity index (χ3n) is 2.85. The molecule has 2 aromatic heterocycles. The first kappa shape index (κ1) is 10.9. The Morgan fingerprint density at radius 3 is 2.78 bits per heavy atom. The van der Waals surface area contributed by atoms with Gasteiger partial charge in [0.15, 0.2) is 5.82 Å². The van der Waals surface area contributed by atoms with Gasteiger partial charge in [-0.1, -0.05) is 12.1 Å². The van der Waals surface area contributed by atoms with Crippen molar-refractivity contribution in [2.75, 3.05) is 19.2 Å². The molecule has 0 bridgehead atoms. The Labute approximate surface area is 104 Å². The number of fused-ring (bicyclic) bond motifs is 3. The number of aryl methyl sites for hydroxylation is 1. The molecule has 3 aromatic rings. The number of hydrogen-bond acceptors (Lipinski definition) is 5. The van der Waals surface area contributed by atoms with Gasteiger partial charge < -0.3 is 0 Å². The van der Waals surface area contributed by atoms with Crippen LogP contribution in [0, 0.1) is 6.92 Å². The summed E-state index contributed by atoms with van der Waals surface area (Å²) in [4.78, 5) is 14.0. The highest BCUT2D eigenvalue weighted by Gasteiger charge is 2.13. The molecule has 0 radical (unpaired) electrons. The van der Waals surface area contributed by atoms with Gasteiger partial charge in [-0.3, -0.25) is 4.84 Å². The zero-order chi connectivity index (χ0) is 12.7. The molecule has 0 amide bonds. The second kappa shape index (κ2) is 3.92. The van der Waals surface area contributed by atoms with E-state index in [0.717, 1.165) is 16.7 Å². The van der Waals surface area contributed by atoms with E-state index in [1.54, 1.807) is 16.7 Å². The molecule has 0 aliphatic rings. The van der Waals surface area contributed by atoms with Gasteiger partial charge in [0.05, 0.1) is 12.6 Å². The van der Waals surface area contributed by atoms with E-state index < -0.39 is 0 Å². The third kappa shape index (κ3) is 1.50. The summed E-state index contributed by atoms with van der Waals surface area (Å²) in [5, 5.41) is 6.94. The molecule has 1 aromatic carbocycles. The summed E-state index contributed by atoms with van der Waals surface area (Å²) in [6.45, 7) is 1.85. The van der Waals surface area contributed by atoms with Crippen LogP contribution in [0.4, 0.5) is 5.82 Å². The Kier molecular flexibility index (Phi) is 2.38.